The summed E-state index contributed by atoms with van der Waals surface area (Å²) in [5.74, 6) is 0. The van der Waals surface area contributed by atoms with E-state index in [2.05, 4.69) is 5.32 Å². The van der Waals surface area contributed by atoms with Gasteiger partial charge in [0.1, 0.15) is 0 Å². The topological polar surface area (TPSA) is 92.6 Å². The zero-order valence-electron chi connectivity index (χ0n) is 12.8. The van der Waals surface area contributed by atoms with Gasteiger partial charge in [-0.2, -0.15) is 0 Å². The van der Waals surface area contributed by atoms with Gasteiger partial charge in [0.2, 0.25) is 10.0 Å². The Balaban J connectivity index is 1.49. The van der Waals surface area contributed by atoms with Gasteiger partial charge in [-0.05, 0) is 31.2 Å². The van der Waals surface area contributed by atoms with Gasteiger partial charge in [-0.3, -0.25) is 10.1 Å². The summed E-state index contributed by atoms with van der Waals surface area (Å²) in [6, 6.07) is 6.83. The third-order valence-corrected chi connectivity index (χ3v) is 6.87. The highest BCUT2D eigenvalue weighted by Crippen LogP contribution is 2.32. The van der Waals surface area contributed by atoms with Gasteiger partial charge in [-0.25, -0.2) is 12.7 Å². The molecule has 0 unspecified atom stereocenters. The van der Waals surface area contributed by atoms with E-state index in [1.165, 1.54) is 6.07 Å². The first-order valence-corrected chi connectivity index (χ1v) is 9.43. The van der Waals surface area contributed by atoms with Crippen molar-refractivity contribution in [2.75, 3.05) is 13.1 Å². The molecular formula is C15H21N3O4S. The molecule has 1 aliphatic heterocycles. The number of nitro groups is 1. The van der Waals surface area contributed by atoms with Gasteiger partial charge in [0.25, 0.3) is 5.69 Å². The molecule has 23 heavy (non-hydrogen) atoms. The molecule has 2 aliphatic rings. The van der Waals surface area contributed by atoms with E-state index >= 15 is 0 Å². The van der Waals surface area contributed by atoms with Crippen LogP contribution in [0.5, 0.6) is 0 Å². The van der Waals surface area contributed by atoms with Crippen LogP contribution in [0.1, 0.15) is 31.2 Å². The molecule has 126 valence electrons. The maximum atomic E-state index is 12.2. The number of benzene rings is 1. The highest BCUT2D eigenvalue weighted by atomic mass is 32.2. The van der Waals surface area contributed by atoms with Gasteiger partial charge in [0, 0.05) is 37.8 Å². The molecule has 1 N–H and O–H groups in total. The average Bonchev–Trinajstić information content (AvgIpc) is 3.39. The van der Waals surface area contributed by atoms with Gasteiger partial charge >= 0.3 is 0 Å². The van der Waals surface area contributed by atoms with Crippen molar-refractivity contribution in [2.24, 2.45) is 0 Å². The fourth-order valence-corrected chi connectivity index (χ4v) is 4.81. The minimum absolute atomic E-state index is 0.0923. The van der Waals surface area contributed by atoms with E-state index in [0.717, 1.165) is 31.2 Å². The van der Waals surface area contributed by atoms with Crippen LogP contribution in [-0.4, -0.2) is 42.0 Å². The van der Waals surface area contributed by atoms with Crippen LogP contribution in [0.3, 0.4) is 0 Å². The largest absolute Gasteiger partial charge is 0.310 e. The van der Waals surface area contributed by atoms with Gasteiger partial charge < -0.3 is 5.32 Å². The molecule has 1 heterocycles. The maximum absolute atomic E-state index is 12.2. The smallest absolute Gasteiger partial charge is 0.269 e. The quantitative estimate of drug-likeness (QED) is 0.628. The van der Waals surface area contributed by atoms with Crippen LogP contribution in [0.4, 0.5) is 5.69 Å². The number of non-ortho nitro benzene ring substituents is 1. The van der Waals surface area contributed by atoms with Crippen LogP contribution in [0.2, 0.25) is 0 Å². The first-order valence-electron chi connectivity index (χ1n) is 7.92. The SMILES string of the molecule is O=[N+]([O-])c1cccc(CNC2CCN(S(=O)(=O)C3CC3)CC2)c1. The van der Waals surface area contributed by atoms with Crippen molar-refractivity contribution in [3.8, 4) is 0 Å². The molecule has 0 bridgehead atoms. The lowest BCUT2D eigenvalue weighted by molar-refractivity contribution is -0.384. The Morgan fingerprint density at radius 1 is 1.22 bits per heavy atom. The molecule has 3 rings (SSSR count). The Labute approximate surface area is 135 Å². The van der Waals surface area contributed by atoms with Gasteiger partial charge in [0.05, 0.1) is 10.2 Å². The van der Waals surface area contributed by atoms with Crippen molar-refractivity contribution in [1.29, 1.82) is 0 Å². The Kier molecular flexibility index (Phi) is 4.65. The summed E-state index contributed by atoms with van der Waals surface area (Å²) in [7, 11) is -3.06. The summed E-state index contributed by atoms with van der Waals surface area (Å²) < 4.78 is 26.0. The van der Waals surface area contributed by atoms with E-state index in [-0.39, 0.29) is 17.0 Å². The van der Waals surface area contributed by atoms with Crippen molar-refractivity contribution >= 4 is 15.7 Å². The Morgan fingerprint density at radius 3 is 2.52 bits per heavy atom. The van der Waals surface area contributed by atoms with Crippen LogP contribution in [-0.2, 0) is 16.6 Å². The van der Waals surface area contributed by atoms with Crippen LogP contribution in [0.25, 0.3) is 0 Å². The molecule has 7 nitrogen and oxygen atoms in total. The molecular weight excluding hydrogens is 318 g/mol. The second kappa shape index (κ2) is 6.54. The number of piperidine rings is 1. The van der Waals surface area contributed by atoms with Crippen LogP contribution in [0.15, 0.2) is 24.3 Å². The Hall–Kier alpha value is -1.51. The normalized spacial score (nSPS) is 20.5. The first kappa shape index (κ1) is 16.4. The predicted molar refractivity (Wildman–Crippen MR) is 86.5 cm³/mol. The van der Waals surface area contributed by atoms with Crippen molar-refractivity contribution < 1.29 is 13.3 Å². The van der Waals surface area contributed by atoms with Gasteiger partial charge in [-0.1, -0.05) is 12.1 Å². The van der Waals surface area contributed by atoms with Gasteiger partial charge in [-0.15, -0.1) is 0 Å². The van der Waals surface area contributed by atoms with Crippen LogP contribution >= 0.6 is 0 Å². The number of nitrogens with one attached hydrogen (secondary N) is 1. The van der Waals surface area contributed by atoms with Crippen molar-refractivity contribution in [3.05, 3.63) is 39.9 Å². The van der Waals surface area contributed by atoms with Crippen molar-refractivity contribution in [3.63, 3.8) is 0 Å². The van der Waals surface area contributed by atoms with E-state index in [1.807, 2.05) is 6.07 Å². The maximum Gasteiger partial charge on any atom is 0.269 e. The monoisotopic (exact) mass is 339 g/mol. The zero-order valence-corrected chi connectivity index (χ0v) is 13.7. The lowest BCUT2D eigenvalue weighted by Gasteiger charge is -2.31. The summed E-state index contributed by atoms with van der Waals surface area (Å²) in [6.45, 7) is 1.68. The van der Waals surface area contributed by atoms with Crippen molar-refractivity contribution in [1.82, 2.24) is 9.62 Å². The summed E-state index contributed by atoms with van der Waals surface area (Å²) in [5, 5.41) is 14.0. The lowest BCUT2D eigenvalue weighted by atomic mass is 10.1. The number of nitro benzene ring substituents is 1. The van der Waals surface area contributed by atoms with Crippen LogP contribution < -0.4 is 5.32 Å². The molecule has 1 aromatic rings. The summed E-state index contributed by atoms with van der Waals surface area (Å²) in [4.78, 5) is 10.4. The Bertz CT molecular complexity index is 680. The molecule has 1 saturated carbocycles. The third-order valence-electron chi connectivity index (χ3n) is 4.48. The van der Waals surface area contributed by atoms with Gasteiger partial charge in [0.15, 0.2) is 0 Å². The molecule has 2 fully saturated rings. The standard InChI is InChI=1S/C15H21N3O4S/c19-18(20)14-3-1-2-12(10-14)11-16-13-6-8-17(9-7-13)23(21,22)15-4-5-15/h1-3,10,13,15-16H,4-9,11H2. The molecule has 0 spiro atoms. The second-order valence-corrected chi connectivity index (χ2v) is 8.44. The molecule has 1 aliphatic carbocycles. The van der Waals surface area contributed by atoms with E-state index < -0.39 is 14.9 Å². The lowest BCUT2D eigenvalue weighted by Crippen LogP contribution is -2.45. The average molecular weight is 339 g/mol. The fraction of sp³-hybridized carbons (Fsp3) is 0.600. The number of nitrogens with zero attached hydrogens (tertiary/aromatic N) is 2. The highest BCUT2D eigenvalue weighted by molar-refractivity contribution is 7.90. The summed E-state index contributed by atoms with van der Waals surface area (Å²) >= 11 is 0. The second-order valence-electron chi connectivity index (χ2n) is 6.23. The van der Waals surface area contributed by atoms with Crippen LogP contribution in [0, 0.1) is 10.1 Å². The molecule has 1 aromatic carbocycles. The van der Waals surface area contributed by atoms with Crippen molar-refractivity contribution in [2.45, 2.75) is 43.5 Å². The minimum atomic E-state index is -3.06. The zero-order chi connectivity index (χ0) is 16.4. The van der Waals surface area contributed by atoms with E-state index in [1.54, 1.807) is 16.4 Å². The predicted octanol–water partition coefficient (Wildman–Crippen LogP) is 1.64. The first-order chi connectivity index (χ1) is 11.0. The molecule has 1 saturated heterocycles. The molecule has 0 radical (unpaired) electrons. The van der Waals surface area contributed by atoms with E-state index in [0.29, 0.717) is 19.6 Å². The highest BCUT2D eigenvalue weighted by Gasteiger charge is 2.41. The summed E-state index contributed by atoms with van der Waals surface area (Å²) in [5.41, 5.74) is 0.960. The minimum Gasteiger partial charge on any atom is -0.310 e. The number of sulfonamides is 1. The summed E-state index contributed by atoms with van der Waals surface area (Å²) in [6.07, 6.45) is 3.16. The molecule has 0 aromatic heterocycles. The van der Waals surface area contributed by atoms with E-state index in [4.69, 9.17) is 0 Å². The molecule has 0 atom stereocenters. The molecule has 0 amide bonds. The number of hydrogen-bond acceptors (Lipinski definition) is 5. The van der Waals surface area contributed by atoms with E-state index in [9.17, 15) is 18.5 Å². The number of rotatable bonds is 6. The fourth-order valence-electron chi connectivity index (χ4n) is 2.93. The Morgan fingerprint density at radius 2 is 1.91 bits per heavy atom. The number of hydrogen-bond donors (Lipinski definition) is 1. The third kappa shape index (κ3) is 3.88. The molecule has 8 heteroatoms.